The SMILES string of the molecule is CCCCCCCC(=O)N1CC(O)(C(C)C)C1. The number of carbonyl (C=O) groups excluding carboxylic acids is 1. The Bertz CT molecular complexity index is 245. The average Bonchev–Trinajstić information content (AvgIpc) is 2.23. The molecule has 0 radical (unpaired) electrons. The van der Waals surface area contributed by atoms with Crippen molar-refractivity contribution in [3.8, 4) is 0 Å². The molecule has 0 bridgehead atoms. The number of amides is 1. The summed E-state index contributed by atoms with van der Waals surface area (Å²) in [6, 6.07) is 0. The molecule has 17 heavy (non-hydrogen) atoms. The third-order valence-corrected chi connectivity index (χ3v) is 3.85. The lowest BCUT2D eigenvalue weighted by Gasteiger charge is -2.49. The fourth-order valence-electron chi connectivity index (χ4n) is 2.19. The molecule has 100 valence electrons. The molecule has 0 aromatic rings. The first kappa shape index (κ1) is 14.5. The van der Waals surface area contributed by atoms with Gasteiger partial charge in [-0.3, -0.25) is 4.79 Å². The minimum atomic E-state index is -0.627. The molecule has 1 rings (SSSR count). The molecule has 0 aromatic carbocycles. The molecular weight excluding hydrogens is 214 g/mol. The lowest BCUT2D eigenvalue weighted by Crippen LogP contribution is -2.65. The van der Waals surface area contributed by atoms with Crippen molar-refractivity contribution in [1.29, 1.82) is 0 Å². The zero-order valence-corrected chi connectivity index (χ0v) is 11.5. The van der Waals surface area contributed by atoms with E-state index >= 15 is 0 Å². The van der Waals surface area contributed by atoms with E-state index in [2.05, 4.69) is 6.92 Å². The molecule has 0 saturated carbocycles. The highest BCUT2D eigenvalue weighted by atomic mass is 16.3. The molecule has 0 atom stereocenters. The van der Waals surface area contributed by atoms with Gasteiger partial charge in [-0.1, -0.05) is 46.5 Å². The van der Waals surface area contributed by atoms with E-state index in [1.54, 1.807) is 4.90 Å². The number of hydrogen-bond donors (Lipinski definition) is 1. The van der Waals surface area contributed by atoms with Gasteiger partial charge < -0.3 is 10.0 Å². The maximum Gasteiger partial charge on any atom is 0.222 e. The Hall–Kier alpha value is -0.570. The largest absolute Gasteiger partial charge is 0.386 e. The summed E-state index contributed by atoms with van der Waals surface area (Å²) in [6.07, 6.45) is 6.54. The van der Waals surface area contributed by atoms with Gasteiger partial charge in [0, 0.05) is 6.42 Å². The molecule has 1 aliphatic heterocycles. The van der Waals surface area contributed by atoms with Crippen LogP contribution in [0.25, 0.3) is 0 Å². The van der Waals surface area contributed by atoms with Gasteiger partial charge in [-0.2, -0.15) is 0 Å². The monoisotopic (exact) mass is 241 g/mol. The van der Waals surface area contributed by atoms with Crippen LogP contribution >= 0.6 is 0 Å². The van der Waals surface area contributed by atoms with E-state index in [1.807, 2.05) is 13.8 Å². The molecule has 3 nitrogen and oxygen atoms in total. The van der Waals surface area contributed by atoms with Crippen molar-refractivity contribution in [2.75, 3.05) is 13.1 Å². The Morgan fingerprint density at radius 3 is 2.35 bits per heavy atom. The van der Waals surface area contributed by atoms with Crippen LogP contribution in [0, 0.1) is 5.92 Å². The number of carbonyl (C=O) groups is 1. The fraction of sp³-hybridized carbons (Fsp3) is 0.929. The number of nitrogens with zero attached hydrogens (tertiary/aromatic N) is 1. The van der Waals surface area contributed by atoms with Crippen LogP contribution in [0.5, 0.6) is 0 Å². The summed E-state index contributed by atoms with van der Waals surface area (Å²) in [4.78, 5) is 13.6. The molecular formula is C14H27NO2. The Balaban J connectivity index is 2.11. The van der Waals surface area contributed by atoms with Gasteiger partial charge in [0.25, 0.3) is 0 Å². The summed E-state index contributed by atoms with van der Waals surface area (Å²) in [6.45, 7) is 7.26. The second kappa shape index (κ2) is 6.39. The summed E-state index contributed by atoms with van der Waals surface area (Å²) in [5.41, 5.74) is -0.627. The van der Waals surface area contributed by atoms with E-state index < -0.39 is 5.60 Å². The topological polar surface area (TPSA) is 40.5 Å². The number of hydrogen-bond acceptors (Lipinski definition) is 2. The minimum absolute atomic E-state index is 0.215. The lowest BCUT2D eigenvalue weighted by atomic mass is 9.83. The standard InChI is InChI=1S/C14H27NO2/c1-4-5-6-7-8-9-13(16)15-10-14(17,11-15)12(2)3/h12,17H,4-11H2,1-3H3. The molecule has 0 spiro atoms. The van der Waals surface area contributed by atoms with Gasteiger partial charge in [0.15, 0.2) is 0 Å². The molecule has 1 saturated heterocycles. The predicted molar refractivity (Wildman–Crippen MR) is 69.7 cm³/mol. The first-order valence-corrected chi connectivity index (χ1v) is 6.99. The van der Waals surface area contributed by atoms with Gasteiger partial charge in [0.2, 0.25) is 5.91 Å². The summed E-state index contributed by atoms with van der Waals surface area (Å²) < 4.78 is 0. The second-order valence-electron chi connectivity index (χ2n) is 5.67. The molecule has 1 aliphatic rings. The van der Waals surface area contributed by atoms with Gasteiger partial charge in [-0.05, 0) is 12.3 Å². The summed E-state index contributed by atoms with van der Waals surface area (Å²) in [5, 5.41) is 10.1. The number of rotatable bonds is 7. The zero-order valence-electron chi connectivity index (χ0n) is 11.5. The first-order valence-electron chi connectivity index (χ1n) is 6.99. The Morgan fingerprint density at radius 1 is 1.24 bits per heavy atom. The van der Waals surface area contributed by atoms with Crippen molar-refractivity contribution in [2.24, 2.45) is 5.92 Å². The smallest absolute Gasteiger partial charge is 0.222 e. The number of unbranched alkanes of at least 4 members (excludes halogenated alkanes) is 4. The van der Waals surface area contributed by atoms with Crippen molar-refractivity contribution < 1.29 is 9.90 Å². The van der Waals surface area contributed by atoms with Gasteiger partial charge in [0.1, 0.15) is 5.60 Å². The highest BCUT2D eigenvalue weighted by Crippen LogP contribution is 2.29. The molecule has 1 N–H and O–H groups in total. The van der Waals surface area contributed by atoms with Gasteiger partial charge in [-0.25, -0.2) is 0 Å². The van der Waals surface area contributed by atoms with Crippen LogP contribution in [-0.4, -0.2) is 34.6 Å². The van der Waals surface area contributed by atoms with Gasteiger partial charge in [0.05, 0.1) is 13.1 Å². The highest BCUT2D eigenvalue weighted by Gasteiger charge is 2.45. The summed E-state index contributed by atoms with van der Waals surface area (Å²) >= 11 is 0. The van der Waals surface area contributed by atoms with Crippen molar-refractivity contribution in [3.05, 3.63) is 0 Å². The van der Waals surface area contributed by atoms with Gasteiger partial charge >= 0.3 is 0 Å². The van der Waals surface area contributed by atoms with Crippen LogP contribution in [-0.2, 0) is 4.79 Å². The minimum Gasteiger partial charge on any atom is -0.386 e. The first-order chi connectivity index (χ1) is 7.99. The molecule has 0 aromatic heterocycles. The van der Waals surface area contributed by atoms with Crippen molar-refractivity contribution >= 4 is 5.91 Å². The van der Waals surface area contributed by atoms with Crippen molar-refractivity contribution in [1.82, 2.24) is 4.90 Å². The van der Waals surface area contributed by atoms with Crippen LogP contribution < -0.4 is 0 Å². The Kier molecular flexibility index (Phi) is 5.44. The normalized spacial score (nSPS) is 18.3. The quantitative estimate of drug-likeness (QED) is 0.696. The number of likely N-dealkylation sites (tertiary alicyclic amines) is 1. The van der Waals surface area contributed by atoms with E-state index in [9.17, 15) is 9.90 Å². The third-order valence-electron chi connectivity index (χ3n) is 3.85. The van der Waals surface area contributed by atoms with E-state index in [0.29, 0.717) is 19.5 Å². The lowest BCUT2D eigenvalue weighted by molar-refractivity contribution is -0.163. The van der Waals surface area contributed by atoms with Crippen LogP contribution in [0.3, 0.4) is 0 Å². The number of β-amino-alcohol motifs (C(OH)–C–C–N with tert-alkyl or cyclic N) is 1. The highest BCUT2D eigenvalue weighted by molar-refractivity contribution is 5.77. The second-order valence-corrected chi connectivity index (χ2v) is 5.67. The maximum atomic E-state index is 11.8. The molecule has 1 heterocycles. The molecule has 3 heteroatoms. The number of aliphatic hydroxyl groups is 1. The van der Waals surface area contributed by atoms with E-state index in [0.717, 1.165) is 12.8 Å². The van der Waals surface area contributed by atoms with Crippen LogP contribution in [0.15, 0.2) is 0 Å². The third kappa shape index (κ3) is 3.98. The average molecular weight is 241 g/mol. The van der Waals surface area contributed by atoms with Crippen LogP contribution in [0.2, 0.25) is 0 Å². The summed E-state index contributed by atoms with van der Waals surface area (Å²) in [7, 11) is 0. The van der Waals surface area contributed by atoms with E-state index in [4.69, 9.17) is 0 Å². The van der Waals surface area contributed by atoms with Crippen LogP contribution in [0.4, 0.5) is 0 Å². The van der Waals surface area contributed by atoms with Gasteiger partial charge in [-0.15, -0.1) is 0 Å². The Labute approximate surface area is 105 Å². The van der Waals surface area contributed by atoms with Crippen molar-refractivity contribution in [2.45, 2.75) is 64.9 Å². The Morgan fingerprint density at radius 2 is 1.82 bits per heavy atom. The summed E-state index contributed by atoms with van der Waals surface area (Å²) in [5.74, 6) is 0.447. The zero-order chi connectivity index (χ0) is 12.9. The fourth-order valence-corrected chi connectivity index (χ4v) is 2.19. The van der Waals surface area contributed by atoms with E-state index in [1.165, 1.54) is 19.3 Å². The van der Waals surface area contributed by atoms with Crippen molar-refractivity contribution in [3.63, 3.8) is 0 Å². The predicted octanol–water partition coefficient (Wildman–Crippen LogP) is 2.58. The molecule has 1 amide bonds. The molecule has 0 unspecified atom stereocenters. The van der Waals surface area contributed by atoms with Crippen LogP contribution in [0.1, 0.15) is 59.3 Å². The molecule has 0 aliphatic carbocycles. The van der Waals surface area contributed by atoms with E-state index in [-0.39, 0.29) is 11.8 Å². The molecule has 1 fully saturated rings. The maximum absolute atomic E-state index is 11.8.